The van der Waals surface area contributed by atoms with Gasteiger partial charge in [-0.2, -0.15) is 0 Å². The molecule has 8 atom stereocenters. The van der Waals surface area contributed by atoms with E-state index in [1.807, 2.05) is 0 Å². The summed E-state index contributed by atoms with van der Waals surface area (Å²) in [5, 5.41) is 31.8. The van der Waals surface area contributed by atoms with E-state index in [1.54, 1.807) is 0 Å². The average molecular weight is 308 g/mol. The number of fused-ring (bicyclic) bond motifs is 5. The topological polar surface area (TPSA) is 60.7 Å². The second kappa shape index (κ2) is 4.70. The van der Waals surface area contributed by atoms with Crippen LogP contribution in [0.5, 0.6) is 0 Å². The minimum atomic E-state index is -0.670. The lowest BCUT2D eigenvalue weighted by atomic mass is 9.43. The lowest BCUT2D eigenvalue weighted by Gasteiger charge is -2.63. The summed E-state index contributed by atoms with van der Waals surface area (Å²) in [7, 11) is 0. The van der Waals surface area contributed by atoms with Gasteiger partial charge in [-0.1, -0.05) is 13.8 Å². The van der Waals surface area contributed by atoms with E-state index in [-0.39, 0.29) is 23.0 Å². The Labute approximate surface area is 134 Å². The number of hydrogen-bond acceptors (Lipinski definition) is 3. The minimum Gasteiger partial charge on any atom is -0.393 e. The summed E-state index contributed by atoms with van der Waals surface area (Å²) in [6.07, 6.45) is 8.21. The zero-order valence-corrected chi connectivity index (χ0v) is 14.1. The van der Waals surface area contributed by atoms with Gasteiger partial charge < -0.3 is 15.3 Å². The molecule has 3 nitrogen and oxygen atoms in total. The van der Waals surface area contributed by atoms with Crippen molar-refractivity contribution in [3.05, 3.63) is 0 Å². The molecule has 4 aliphatic rings. The third kappa shape index (κ3) is 1.79. The van der Waals surface area contributed by atoms with Crippen LogP contribution in [-0.2, 0) is 0 Å². The van der Waals surface area contributed by atoms with Gasteiger partial charge in [-0.15, -0.1) is 0 Å². The molecular formula is C19H32O3. The Morgan fingerprint density at radius 2 is 1.59 bits per heavy atom. The summed E-state index contributed by atoms with van der Waals surface area (Å²) in [5.41, 5.74) is -0.595. The van der Waals surface area contributed by atoms with Crippen LogP contribution in [0.1, 0.15) is 71.6 Å². The largest absolute Gasteiger partial charge is 0.393 e. The molecule has 4 saturated carbocycles. The van der Waals surface area contributed by atoms with Gasteiger partial charge in [-0.05, 0) is 80.0 Å². The molecule has 0 aromatic carbocycles. The van der Waals surface area contributed by atoms with Crippen LogP contribution in [0.3, 0.4) is 0 Å². The Kier molecular flexibility index (Phi) is 3.30. The monoisotopic (exact) mass is 308 g/mol. The Balaban J connectivity index is 1.67. The molecule has 4 fully saturated rings. The van der Waals surface area contributed by atoms with E-state index in [1.165, 1.54) is 0 Å². The predicted molar refractivity (Wildman–Crippen MR) is 85.2 cm³/mol. The zero-order valence-electron chi connectivity index (χ0n) is 14.1. The maximum absolute atomic E-state index is 11.3. The molecule has 22 heavy (non-hydrogen) atoms. The summed E-state index contributed by atoms with van der Waals surface area (Å²) in [6.45, 7) is 4.60. The van der Waals surface area contributed by atoms with Crippen molar-refractivity contribution in [3.63, 3.8) is 0 Å². The van der Waals surface area contributed by atoms with E-state index in [9.17, 15) is 15.3 Å². The molecule has 0 unspecified atom stereocenters. The van der Waals surface area contributed by atoms with Crippen molar-refractivity contribution in [2.24, 2.45) is 28.6 Å². The number of hydrogen-bond donors (Lipinski definition) is 3. The van der Waals surface area contributed by atoms with Gasteiger partial charge in [0, 0.05) is 6.42 Å². The van der Waals surface area contributed by atoms with Gasteiger partial charge in [0.2, 0.25) is 0 Å². The lowest BCUT2D eigenvalue weighted by Crippen LogP contribution is -2.63. The van der Waals surface area contributed by atoms with E-state index in [0.717, 1.165) is 51.4 Å². The van der Waals surface area contributed by atoms with E-state index in [2.05, 4.69) is 13.8 Å². The maximum Gasteiger partial charge on any atom is 0.0728 e. The molecule has 0 spiro atoms. The molecular weight excluding hydrogens is 276 g/mol. The van der Waals surface area contributed by atoms with Crippen LogP contribution in [0.2, 0.25) is 0 Å². The molecule has 126 valence electrons. The van der Waals surface area contributed by atoms with Gasteiger partial charge in [0.25, 0.3) is 0 Å². The van der Waals surface area contributed by atoms with Gasteiger partial charge in [0.05, 0.1) is 17.8 Å². The smallest absolute Gasteiger partial charge is 0.0728 e. The highest BCUT2D eigenvalue weighted by molar-refractivity contribution is 5.14. The van der Waals surface area contributed by atoms with Crippen molar-refractivity contribution in [2.75, 3.05) is 0 Å². The van der Waals surface area contributed by atoms with Crippen LogP contribution < -0.4 is 0 Å². The fourth-order valence-electron chi connectivity index (χ4n) is 7.20. The van der Waals surface area contributed by atoms with Crippen LogP contribution in [0.4, 0.5) is 0 Å². The fraction of sp³-hybridized carbons (Fsp3) is 1.00. The van der Waals surface area contributed by atoms with E-state index in [4.69, 9.17) is 0 Å². The maximum atomic E-state index is 11.3. The van der Waals surface area contributed by atoms with Crippen molar-refractivity contribution < 1.29 is 15.3 Å². The molecule has 3 heteroatoms. The van der Waals surface area contributed by atoms with Gasteiger partial charge >= 0.3 is 0 Å². The van der Waals surface area contributed by atoms with Crippen LogP contribution in [-0.4, -0.2) is 33.1 Å². The third-order valence-electron chi connectivity index (χ3n) is 8.73. The van der Waals surface area contributed by atoms with Crippen LogP contribution >= 0.6 is 0 Å². The average Bonchev–Trinajstić information content (AvgIpc) is 2.76. The Bertz CT molecular complexity index is 466. The van der Waals surface area contributed by atoms with Crippen molar-refractivity contribution in [1.29, 1.82) is 0 Å². The summed E-state index contributed by atoms with van der Waals surface area (Å²) in [5.74, 6) is 1.87. The summed E-state index contributed by atoms with van der Waals surface area (Å²) < 4.78 is 0. The Hall–Kier alpha value is -0.120. The molecule has 0 bridgehead atoms. The molecule has 0 aromatic rings. The van der Waals surface area contributed by atoms with Crippen molar-refractivity contribution in [1.82, 2.24) is 0 Å². The minimum absolute atomic E-state index is 0.0377. The molecule has 0 radical (unpaired) electrons. The molecule has 0 aliphatic heterocycles. The van der Waals surface area contributed by atoms with Crippen molar-refractivity contribution in [2.45, 2.75) is 89.4 Å². The van der Waals surface area contributed by atoms with Crippen molar-refractivity contribution in [3.8, 4) is 0 Å². The summed E-state index contributed by atoms with van der Waals surface area (Å²) >= 11 is 0. The van der Waals surface area contributed by atoms with E-state index < -0.39 is 5.60 Å². The Morgan fingerprint density at radius 3 is 2.36 bits per heavy atom. The molecule has 3 N–H and O–H groups in total. The van der Waals surface area contributed by atoms with Gasteiger partial charge in [-0.3, -0.25) is 0 Å². The first kappa shape index (κ1) is 15.4. The predicted octanol–water partition coefficient (Wildman–Crippen LogP) is 2.87. The highest BCUT2D eigenvalue weighted by Gasteiger charge is 2.64. The van der Waals surface area contributed by atoms with Crippen molar-refractivity contribution >= 4 is 0 Å². The summed E-state index contributed by atoms with van der Waals surface area (Å²) in [4.78, 5) is 0. The molecule has 4 aliphatic carbocycles. The highest BCUT2D eigenvalue weighted by atomic mass is 16.3. The number of aliphatic hydroxyl groups excluding tert-OH is 2. The zero-order chi connectivity index (χ0) is 15.8. The van der Waals surface area contributed by atoms with Gasteiger partial charge in [0.15, 0.2) is 0 Å². The molecule has 0 saturated heterocycles. The molecule has 4 rings (SSSR count). The highest BCUT2D eigenvalue weighted by Crippen LogP contribution is 2.67. The lowest BCUT2D eigenvalue weighted by molar-refractivity contribution is -0.221. The second-order valence-corrected chi connectivity index (χ2v) is 9.40. The molecule has 0 amide bonds. The SMILES string of the molecule is C[C@]12CC[C@H]3[C@@H](CC[C@@]4(O)C[C@@H](O)CC[C@]34C)[C@@H]1CC[C@@H]2O. The second-order valence-electron chi connectivity index (χ2n) is 9.40. The first-order valence-corrected chi connectivity index (χ1v) is 9.39. The third-order valence-corrected chi connectivity index (χ3v) is 8.73. The molecule has 0 aromatic heterocycles. The normalized spacial score (nSPS) is 61.2. The first-order chi connectivity index (χ1) is 10.3. The van der Waals surface area contributed by atoms with Gasteiger partial charge in [-0.25, -0.2) is 0 Å². The summed E-state index contributed by atoms with van der Waals surface area (Å²) in [6, 6.07) is 0. The quantitative estimate of drug-likeness (QED) is 0.645. The van der Waals surface area contributed by atoms with Crippen LogP contribution in [0.15, 0.2) is 0 Å². The van der Waals surface area contributed by atoms with Crippen LogP contribution in [0.25, 0.3) is 0 Å². The van der Waals surface area contributed by atoms with E-state index >= 15 is 0 Å². The van der Waals surface area contributed by atoms with E-state index in [0.29, 0.717) is 24.2 Å². The van der Waals surface area contributed by atoms with Crippen LogP contribution in [0, 0.1) is 28.6 Å². The van der Waals surface area contributed by atoms with Gasteiger partial charge in [0.1, 0.15) is 0 Å². The standard InChI is InChI=1S/C19H32O3/c1-17-8-7-15-13(14(17)3-4-16(17)21)6-10-19(22)11-12(20)5-9-18(15,19)2/h12-16,20-22H,3-11H2,1-2H3/t12-,13-,14-,15-,16-,17-,18+,19+/m0/s1. The first-order valence-electron chi connectivity index (χ1n) is 9.39. The number of rotatable bonds is 0. The fourth-order valence-corrected chi connectivity index (χ4v) is 7.20. The molecule has 0 heterocycles. The Morgan fingerprint density at radius 1 is 0.818 bits per heavy atom. The number of aliphatic hydroxyl groups is 3.